The summed E-state index contributed by atoms with van der Waals surface area (Å²) < 4.78 is 0. The molecule has 0 fully saturated rings. The number of nitro groups is 1. The third kappa shape index (κ3) is 2.04. The number of benzene rings is 1. The van der Waals surface area contributed by atoms with Crippen molar-refractivity contribution in [3.8, 4) is 10.4 Å². The zero-order chi connectivity index (χ0) is 11.7. The smallest absolute Gasteiger partial charge is 0.258 e. The highest BCUT2D eigenvalue weighted by Crippen LogP contribution is 2.39. The van der Waals surface area contributed by atoms with Gasteiger partial charge in [0.15, 0.2) is 0 Å². The normalized spacial score (nSPS) is 10.4. The minimum absolute atomic E-state index is 0.0641. The number of halogens is 2. The molecule has 0 saturated carbocycles. The molecule has 2 aromatic rings. The van der Waals surface area contributed by atoms with E-state index in [0.29, 0.717) is 20.5 Å². The van der Waals surface area contributed by atoms with E-state index < -0.39 is 4.92 Å². The Morgan fingerprint density at radius 2 is 2.00 bits per heavy atom. The molecule has 0 spiro atoms. The van der Waals surface area contributed by atoms with Crippen molar-refractivity contribution < 1.29 is 4.92 Å². The van der Waals surface area contributed by atoms with Crippen molar-refractivity contribution in [2.75, 3.05) is 0 Å². The molecule has 2 rings (SSSR count). The Balaban J connectivity index is 2.59. The van der Waals surface area contributed by atoms with Crippen LogP contribution in [0.1, 0.15) is 0 Å². The van der Waals surface area contributed by atoms with Gasteiger partial charge in [-0.15, -0.1) is 11.3 Å². The van der Waals surface area contributed by atoms with Crippen LogP contribution in [-0.2, 0) is 0 Å². The molecule has 0 aliphatic rings. The van der Waals surface area contributed by atoms with E-state index in [-0.39, 0.29) is 5.69 Å². The van der Waals surface area contributed by atoms with Gasteiger partial charge in [0, 0.05) is 16.7 Å². The van der Waals surface area contributed by atoms with Crippen LogP contribution in [-0.4, -0.2) is 4.92 Å². The monoisotopic (exact) mass is 273 g/mol. The van der Waals surface area contributed by atoms with Gasteiger partial charge in [0.1, 0.15) is 4.88 Å². The van der Waals surface area contributed by atoms with Gasteiger partial charge in [0.2, 0.25) is 0 Å². The standard InChI is InChI=1S/C10H5Cl2NO2S/c11-6-1-2-7(8(12)5-6)10-9(13(14)15)3-4-16-10/h1-5H. The number of hydrogen-bond acceptors (Lipinski definition) is 3. The van der Waals surface area contributed by atoms with Crippen molar-refractivity contribution >= 4 is 40.2 Å². The second kappa shape index (κ2) is 4.41. The average Bonchev–Trinajstić information content (AvgIpc) is 2.66. The lowest BCUT2D eigenvalue weighted by Crippen LogP contribution is -1.87. The molecular formula is C10H5Cl2NO2S. The summed E-state index contributed by atoms with van der Waals surface area (Å²) in [6.07, 6.45) is 0. The van der Waals surface area contributed by atoms with Crippen LogP contribution in [0.5, 0.6) is 0 Å². The van der Waals surface area contributed by atoms with Crippen molar-refractivity contribution in [3.63, 3.8) is 0 Å². The predicted octanol–water partition coefficient (Wildman–Crippen LogP) is 4.63. The SMILES string of the molecule is O=[N+]([O-])c1ccsc1-c1ccc(Cl)cc1Cl. The van der Waals surface area contributed by atoms with E-state index in [1.165, 1.54) is 17.4 Å². The van der Waals surface area contributed by atoms with Crippen molar-refractivity contribution in [3.05, 3.63) is 49.8 Å². The Bertz CT molecular complexity index is 554. The maximum Gasteiger partial charge on any atom is 0.287 e. The first-order chi connectivity index (χ1) is 7.59. The lowest BCUT2D eigenvalue weighted by atomic mass is 10.2. The van der Waals surface area contributed by atoms with E-state index in [9.17, 15) is 10.1 Å². The predicted molar refractivity (Wildman–Crippen MR) is 66.4 cm³/mol. The number of rotatable bonds is 2. The summed E-state index contributed by atoms with van der Waals surface area (Å²) in [4.78, 5) is 10.9. The van der Waals surface area contributed by atoms with Gasteiger partial charge >= 0.3 is 0 Å². The fraction of sp³-hybridized carbons (Fsp3) is 0. The van der Waals surface area contributed by atoms with Crippen molar-refractivity contribution in [2.45, 2.75) is 0 Å². The number of hydrogen-bond donors (Lipinski definition) is 0. The molecule has 16 heavy (non-hydrogen) atoms. The van der Waals surface area contributed by atoms with Gasteiger partial charge in [0.25, 0.3) is 5.69 Å². The molecule has 0 aliphatic heterocycles. The molecule has 0 atom stereocenters. The molecular weight excluding hydrogens is 269 g/mol. The largest absolute Gasteiger partial charge is 0.287 e. The highest BCUT2D eigenvalue weighted by Gasteiger charge is 2.18. The van der Waals surface area contributed by atoms with E-state index in [0.717, 1.165) is 0 Å². The second-order valence-corrected chi connectivity index (χ2v) is 4.78. The summed E-state index contributed by atoms with van der Waals surface area (Å²) in [6.45, 7) is 0. The van der Waals surface area contributed by atoms with Gasteiger partial charge in [-0.3, -0.25) is 10.1 Å². The fourth-order valence-electron chi connectivity index (χ4n) is 1.32. The summed E-state index contributed by atoms with van der Waals surface area (Å²) in [5.74, 6) is 0. The summed E-state index contributed by atoms with van der Waals surface area (Å²) in [6, 6.07) is 6.38. The molecule has 0 saturated heterocycles. The minimum Gasteiger partial charge on any atom is -0.258 e. The minimum atomic E-state index is -0.420. The zero-order valence-corrected chi connectivity index (χ0v) is 10.1. The number of nitrogens with zero attached hydrogens (tertiary/aromatic N) is 1. The molecule has 1 heterocycles. The van der Waals surface area contributed by atoms with Gasteiger partial charge in [-0.1, -0.05) is 29.3 Å². The topological polar surface area (TPSA) is 43.1 Å². The molecule has 6 heteroatoms. The third-order valence-electron chi connectivity index (χ3n) is 2.02. The van der Waals surface area contributed by atoms with Crippen LogP contribution in [0.2, 0.25) is 10.0 Å². The number of thiophene rings is 1. The molecule has 0 aliphatic carbocycles. The van der Waals surface area contributed by atoms with E-state index in [1.54, 1.807) is 23.6 Å². The fourth-order valence-corrected chi connectivity index (χ4v) is 2.78. The zero-order valence-electron chi connectivity index (χ0n) is 7.81. The first kappa shape index (κ1) is 11.4. The highest BCUT2D eigenvalue weighted by molar-refractivity contribution is 7.14. The molecule has 0 amide bonds. The van der Waals surface area contributed by atoms with Crippen LogP contribution in [0.25, 0.3) is 10.4 Å². The average molecular weight is 274 g/mol. The van der Waals surface area contributed by atoms with Gasteiger partial charge in [-0.05, 0) is 17.5 Å². The van der Waals surface area contributed by atoms with Gasteiger partial charge in [-0.25, -0.2) is 0 Å². The van der Waals surface area contributed by atoms with E-state index in [4.69, 9.17) is 23.2 Å². The van der Waals surface area contributed by atoms with Gasteiger partial charge in [-0.2, -0.15) is 0 Å². The van der Waals surface area contributed by atoms with Crippen molar-refractivity contribution in [1.82, 2.24) is 0 Å². The Morgan fingerprint density at radius 3 is 2.62 bits per heavy atom. The molecule has 0 N–H and O–H groups in total. The van der Waals surface area contributed by atoms with Crippen LogP contribution in [0, 0.1) is 10.1 Å². The van der Waals surface area contributed by atoms with Gasteiger partial charge < -0.3 is 0 Å². The van der Waals surface area contributed by atoms with E-state index >= 15 is 0 Å². The first-order valence-corrected chi connectivity index (χ1v) is 5.90. The van der Waals surface area contributed by atoms with Crippen LogP contribution in [0.3, 0.4) is 0 Å². The summed E-state index contributed by atoms with van der Waals surface area (Å²) in [5.41, 5.74) is 0.696. The van der Waals surface area contributed by atoms with Crippen LogP contribution < -0.4 is 0 Å². The summed E-state index contributed by atoms with van der Waals surface area (Å²) in [5, 5.41) is 13.4. The molecule has 1 aromatic carbocycles. The van der Waals surface area contributed by atoms with Crippen LogP contribution >= 0.6 is 34.5 Å². The molecule has 82 valence electrons. The maximum absolute atomic E-state index is 10.8. The Morgan fingerprint density at radius 1 is 1.25 bits per heavy atom. The molecule has 1 aromatic heterocycles. The molecule has 3 nitrogen and oxygen atoms in total. The quantitative estimate of drug-likeness (QED) is 0.591. The van der Waals surface area contributed by atoms with Crippen molar-refractivity contribution in [2.24, 2.45) is 0 Å². The Labute approximate surface area is 105 Å². The molecule has 0 radical (unpaired) electrons. The van der Waals surface area contributed by atoms with Crippen LogP contribution in [0.15, 0.2) is 29.6 Å². The van der Waals surface area contributed by atoms with E-state index in [2.05, 4.69) is 0 Å². The Kier molecular flexibility index (Phi) is 3.14. The molecule has 0 unspecified atom stereocenters. The van der Waals surface area contributed by atoms with Crippen LogP contribution in [0.4, 0.5) is 5.69 Å². The second-order valence-electron chi connectivity index (χ2n) is 3.02. The third-order valence-corrected chi connectivity index (χ3v) is 3.50. The Hall–Kier alpha value is -1.10. The lowest BCUT2D eigenvalue weighted by molar-refractivity contribution is -0.383. The maximum atomic E-state index is 10.8. The van der Waals surface area contributed by atoms with E-state index in [1.807, 2.05) is 0 Å². The molecule has 0 bridgehead atoms. The van der Waals surface area contributed by atoms with Gasteiger partial charge in [0.05, 0.1) is 9.95 Å². The first-order valence-electron chi connectivity index (χ1n) is 4.27. The highest BCUT2D eigenvalue weighted by atomic mass is 35.5. The summed E-state index contributed by atoms with van der Waals surface area (Å²) >= 11 is 13.0. The lowest BCUT2D eigenvalue weighted by Gasteiger charge is -2.01. The van der Waals surface area contributed by atoms with Crippen molar-refractivity contribution in [1.29, 1.82) is 0 Å². The summed E-state index contributed by atoms with van der Waals surface area (Å²) in [7, 11) is 0.